The lowest BCUT2D eigenvalue weighted by Crippen LogP contribution is -2.54. The van der Waals surface area contributed by atoms with Crippen LogP contribution in [0.5, 0.6) is 5.75 Å². The highest BCUT2D eigenvalue weighted by Crippen LogP contribution is 2.41. The van der Waals surface area contributed by atoms with Crippen LogP contribution in [-0.2, 0) is 36.7 Å². The van der Waals surface area contributed by atoms with Gasteiger partial charge in [0.15, 0.2) is 0 Å². The van der Waals surface area contributed by atoms with Gasteiger partial charge in [-0.05, 0) is 75.3 Å². The Kier molecular flexibility index (Phi) is 11.6. The van der Waals surface area contributed by atoms with Gasteiger partial charge in [-0.2, -0.15) is 0 Å². The molecule has 2 aromatic rings. The lowest BCUT2D eigenvalue weighted by Gasteiger charge is -2.35. The highest BCUT2D eigenvalue weighted by atomic mass is 16.6. The molecular formula is C33H45N3O7. The van der Waals surface area contributed by atoms with E-state index in [1.54, 1.807) is 44.7 Å². The van der Waals surface area contributed by atoms with Gasteiger partial charge in [0.25, 0.3) is 0 Å². The molecule has 2 aromatic carbocycles. The molecule has 3 amide bonds. The van der Waals surface area contributed by atoms with Crippen molar-refractivity contribution in [3.63, 3.8) is 0 Å². The Balaban J connectivity index is 1.99. The van der Waals surface area contributed by atoms with E-state index in [2.05, 4.69) is 10.6 Å². The summed E-state index contributed by atoms with van der Waals surface area (Å²) >= 11 is 0. The molecule has 0 spiro atoms. The summed E-state index contributed by atoms with van der Waals surface area (Å²) < 4.78 is 10.5. The van der Waals surface area contributed by atoms with Crippen LogP contribution in [-0.4, -0.2) is 64.7 Å². The second kappa shape index (κ2) is 14.9. The van der Waals surface area contributed by atoms with Crippen LogP contribution in [0.4, 0.5) is 4.79 Å². The molecule has 1 saturated carbocycles. The van der Waals surface area contributed by atoms with E-state index in [4.69, 9.17) is 9.47 Å². The fourth-order valence-electron chi connectivity index (χ4n) is 4.86. The van der Waals surface area contributed by atoms with E-state index in [1.165, 1.54) is 12.1 Å². The summed E-state index contributed by atoms with van der Waals surface area (Å²) in [5, 5.41) is 15.3. The molecule has 1 fully saturated rings. The van der Waals surface area contributed by atoms with Gasteiger partial charge in [0.2, 0.25) is 11.8 Å². The van der Waals surface area contributed by atoms with Crippen molar-refractivity contribution in [2.24, 2.45) is 5.92 Å². The molecule has 10 nitrogen and oxygen atoms in total. The summed E-state index contributed by atoms with van der Waals surface area (Å²) in [6, 6.07) is 11.6. The average molecular weight is 596 g/mol. The molecule has 4 atom stereocenters. The first kappa shape index (κ1) is 33.4. The first-order valence-corrected chi connectivity index (χ1v) is 14.9. The van der Waals surface area contributed by atoms with Crippen LogP contribution >= 0.6 is 0 Å². The van der Waals surface area contributed by atoms with Gasteiger partial charge < -0.3 is 30.1 Å². The summed E-state index contributed by atoms with van der Waals surface area (Å²) in [6.45, 7) is 11.3. The second-order valence-corrected chi connectivity index (χ2v) is 11.9. The predicted octanol–water partition coefficient (Wildman–Crippen LogP) is 4.44. The number of esters is 1. The number of hydrogen-bond donors (Lipinski definition) is 3. The summed E-state index contributed by atoms with van der Waals surface area (Å²) in [6.07, 6.45) is 0.869. The zero-order chi connectivity index (χ0) is 31.7. The van der Waals surface area contributed by atoms with Crippen LogP contribution in [0.3, 0.4) is 0 Å². The van der Waals surface area contributed by atoms with Gasteiger partial charge in [-0.1, -0.05) is 50.2 Å². The van der Waals surface area contributed by atoms with Gasteiger partial charge in [-0.3, -0.25) is 14.4 Å². The van der Waals surface area contributed by atoms with Gasteiger partial charge in [-0.15, -0.1) is 0 Å². The minimum Gasteiger partial charge on any atom is -0.508 e. The largest absolute Gasteiger partial charge is 0.508 e. The van der Waals surface area contributed by atoms with E-state index in [1.807, 2.05) is 38.1 Å². The zero-order valence-corrected chi connectivity index (χ0v) is 26.0. The van der Waals surface area contributed by atoms with Crippen molar-refractivity contribution in [3.8, 4) is 5.75 Å². The minimum atomic E-state index is -1.06. The lowest BCUT2D eigenvalue weighted by molar-refractivity contribution is -0.145. The maximum Gasteiger partial charge on any atom is 0.408 e. The SMILES string of the molecule is CCOC(=O)CCNC(=O)C(c1ccc(CC)cc1)N(C(=O)C(Cc1ccc(O)cc1)NC(=O)OC(C)(C)C)C1CC1C. The van der Waals surface area contributed by atoms with Gasteiger partial charge in [0.05, 0.1) is 13.0 Å². The molecule has 10 heteroatoms. The Labute approximate surface area is 254 Å². The van der Waals surface area contributed by atoms with Crippen LogP contribution < -0.4 is 10.6 Å². The fourth-order valence-corrected chi connectivity index (χ4v) is 4.86. The molecule has 3 N–H and O–H groups in total. The number of carbonyl (C=O) groups is 4. The standard InChI is InChI=1S/C33H45N3O7/c1-7-22-9-13-24(14-10-22)29(30(39)34-18-17-28(38)42-8-2)36(27-19-21(27)3)31(40)26(35-32(41)43-33(4,5)6)20-23-11-15-25(37)16-12-23/h9-16,21,26-27,29,37H,7-8,17-20H2,1-6H3,(H,34,39)(H,35,41). The van der Waals surface area contributed by atoms with E-state index in [0.29, 0.717) is 17.5 Å². The molecule has 0 heterocycles. The number of aromatic hydroxyl groups is 1. The molecule has 0 bridgehead atoms. The maximum absolute atomic E-state index is 14.5. The topological polar surface area (TPSA) is 134 Å². The van der Waals surface area contributed by atoms with Crippen molar-refractivity contribution in [1.29, 1.82) is 0 Å². The molecule has 234 valence electrons. The first-order chi connectivity index (χ1) is 20.3. The third-order valence-electron chi connectivity index (χ3n) is 7.21. The van der Waals surface area contributed by atoms with Crippen molar-refractivity contribution < 1.29 is 33.8 Å². The number of benzene rings is 2. The number of nitrogens with zero attached hydrogens (tertiary/aromatic N) is 1. The third kappa shape index (κ3) is 10.0. The van der Waals surface area contributed by atoms with E-state index in [-0.39, 0.29) is 43.7 Å². The second-order valence-electron chi connectivity index (χ2n) is 11.9. The third-order valence-corrected chi connectivity index (χ3v) is 7.21. The Hall–Kier alpha value is -4.08. The van der Waals surface area contributed by atoms with Crippen molar-refractivity contribution in [2.75, 3.05) is 13.2 Å². The fraction of sp³-hybridized carbons (Fsp3) is 0.515. The Morgan fingerprint density at radius 1 is 1.00 bits per heavy atom. The van der Waals surface area contributed by atoms with Gasteiger partial charge >= 0.3 is 12.1 Å². The number of carbonyl (C=O) groups excluding carboxylic acids is 4. The molecule has 0 radical (unpaired) electrons. The first-order valence-electron chi connectivity index (χ1n) is 14.9. The Morgan fingerprint density at radius 3 is 2.14 bits per heavy atom. The van der Waals surface area contributed by atoms with Crippen LogP contribution in [0.2, 0.25) is 0 Å². The van der Waals surface area contributed by atoms with Crippen LogP contribution in [0.25, 0.3) is 0 Å². The van der Waals surface area contributed by atoms with Crippen LogP contribution in [0.1, 0.15) is 77.1 Å². The number of nitrogens with one attached hydrogen (secondary N) is 2. The van der Waals surface area contributed by atoms with Crippen molar-refractivity contribution in [1.82, 2.24) is 15.5 Å². The number of alkyl carbamates (subject to hydrolysis) is 1. The van der Waals surface area contributed by atoms with Crippen LogP contribution in [0.15, 0.2) is 48.5 Å². The lowest BCUT2D eigenvalue weighted by atomic mass is 9.98. The molecule has 43 heavy (non-hydrogen) atoms. The summed E-state index contributed by atoms with van der Waals surface area (Å²) in [5.41, 5.74) is 1.63. The van der Waals surface area contributed by atoms with Gasteiger partial charge in [0.1, 0.15) is 23.4 Å². The van der Waals surface area contributed by atoms with Crippen molar-refractivity contribution in [2.45, 2.75) is 91.0 Å². The van der Waals surface area contributed by atoms with Crippen LogP contribution in [0, 0.1) is 5.92 Å². The molecule has 1 aliphatic carbocycles. The number of aryl methyl sites for hydroxylation is 1. The normalized spacial score (nSPS) is 17.3. The molecule has 0 aliphatic heterocycles. The molecule has 1 aliphatic rings. The Bertz CT molecular complexity index is 1250. The predicted molar refractivity (Wildman–Crippen MR) is 162 cm³/mol. The highest BCUT2D eigenvalue weighted by molar-refractivity contribution is 5.93. The molecule has 0 saturated heterocycles. The number of hydrogen-bond acceptors (Lipinski definition) is 7. The quantitative estimate of drug-likeness (QED) is 0.292. The Morgan fingerprint density at radius 2 is 1.60 bits per heavy atom. The number of ether oxygens (including phenoxy) is 2. The van der Waals surface area contributed by atoms with Gasteiger partial charge in [0, 0.05) is 19.0 Å². The smallest absolute Gasteiger partial charge is 0.408 e. The minimum absolute atomic E-state index is 0.00146. The van der Waals surface area contributed by atoms with E-state index in [0.717, 1.165) is 12.0 Å². The zero-order valence-electron chi connectivity index (χ0n) is 26.0. The maximum atomic E-state index is 14.5. The van der Waals surface area contributed by atoms with Gasteiger partial charge in [-0.25, -0.2) is 4.79 Å². The average Bonchev–Trinajstić information content (AvgIpc) is 3.66. The number of rotatable bonds is 13. The van der Waals surface area contributed by atoms with E-state index in [9.17, 15) is 24.3 Å². The monoisotopic (exact) mass is 595 g/mol. The molecular weight excluding hydrogens is 550 g/mol. The summed E-state index contributed by atoms with van der Waals surface area (Å²) in [4.78, 5) is 54.8. The summed E-state index contributed by atoms with van der Waals surface area (Å²) in [7, 11) is 0. The number of amides is 3. The summed E-state index contributed by atoms with van der Waals surface area (Å²) in [5.74, 6) is -1.06. The van der Waals surface area contributed by atoms with E-state index < -0.39 is 41.6 Å². The molecule has 4 unspecified atom stereocenters. The molecule has 0 aromatic heterocycles. The van der Waals surface area contributed by atoms with Crippen molar-refractivity contribution >= 4 is 23.9 Å². The number of phenols is 1. The van der Waals surface area contributed by atoms with Crippen molar-refractivity contribution in [3.05, 3.63) is 65.2 Å². The molecule has 3 rings (SSSR count). The number of phenolic OH excluding ortho intramolecular Hbond substituents is 1. The highest BCUT2D eigenvalue weighted by Gasteiger charge is 2.48. The van der Waals surface area contributed by atoms with E-state index >= 15 is 0 Å².